The Balaban J connectivity index is 1.05. The minimum atomic E-state index is -0.176. The van der Waals surface area contributed by atoms with E-state index in [2.05, 4.69) is 5.32 Å². The van der Waals surface area contributed by atoms with Crippen LogP contribution in [0.15, 0.2) is 77.7 Å². The summed E-state index contributed by atoms with van der Waals surface area (Å²) in [6, 6.07) is 10.1. The summed E-state index contributed by atoms with van der Waals surface area (Å²) in [6.07, 6.45) is 17.0. The van der Waals surface area contributed by atoms with Gasteiger partial charge < -0.3 is 19.7 Å². The van der Waals surface area contributed by atoms with Crippen LogP contribution in [0.5, 0.6) is 0 Å². The van der Waals surface area contributed by atoms with E-state index in [0.717, 1.165) is 67.5 Å². The summed E-state index contributed by atoms with van der Waals surface area (Å²) < 4.78 is 12.2. The smallest absolute Gasteiger partial charge is 0.249 e. The Labute approximate surface area is 221 Å². The molecule has 6 nitrogen and oxygen atoms in total. The van der Waals surface area contributed by atoms with Gasteiger partial charge in [0.15, 0.2) is 5.78 Å². The number of nitrogens with one attached hydrogen (secondary N) is 1. The summed E-state index contributed by atoms with van der Waals surface area (Å²) in [5.74, 6) is 0.988. The van der Waals surface area contributed by atoms with Crippen molar-refractivity contribution in [3.63, 3.8) is 0 Å². The summed E-state index contributed by atoms with van der Waals surface area (Å²) in [5.41, 5.74) is 2.62. The number of rotatable bonds is 12. The second kappa shape index (κ2) is 13.4. The van der Waals surface area contributed by atoms with Gasteiger partial charge in [-0.15, -0.1) is 0 Å². The zero-order chi connectivity index (χ0) is 26.0. The van der Waals surface area contributed by atoms with Crippen molar-refractivity contribution in [2.24, 2.45) is 0 Å². The second-order valence-electron chi connectivity index (χ2n) is 10.1. The molecule has 4 rings (SSSR count). The summed E-state index contributed by atoms with van der Waals surface area (Å²) in [4.78, 5) is 27.2. The molecule has 3 atom stereocenters. The molecule has 2 aliphatic heterocycles. The third-order valence-corrected chi connectivity index (χ3v) is 7.42. The maximum atomic E-state index is 12.8. The van der Waals surface area contributed by atoms with Crippen molar-refractivity contribution < 1.29 is 19.1 Å². The molecule has 0 radical (unpaired) electrons. The molecule has 0 aromatic heterocycles. The van der Waals surface area contributed by atoms with Crippen LogP contribution < -0.4 is 5.32 Å². The van der Waals surface area contributed by atoms with Crippen LogP contribution in [0.1, 0.15) is 70.0 Å². The summed E-state index contributed by atoms with van der Waals surface area (Å²) in [6.45, 7) is 3.42. The second-order valence-corrected chi connectivity index (χ2v) is 10.1. The molecule has 1 aliphatic carbocycles. The minimum absolute atomic E-state index is 0.0386. The maximum Gasteiger partial charge on any atom is 0.249 e. The van der Waals surface area contributed by atoms with Crippen molar-refractivity contribution in [2.45, 2.75) is 76.5 Å². The number of fused-ring (bicyclic) bond motifs is 1. The van der Waals surface area contributed by atoms with Gasteiger partial charge in [0, 0.05) is 31.2 Å². The van der Waals surface area contributed by atoms with Crippen LogP contribution in [0, 0.1) is 0 Å². The number of ketones is 1. The molecule has 1 amide bonds. The molecule has 37 heavy (non-hydrogen) atoms. The number of allylic oxidation sites excluding steroid dienone is 3. The fourth-order valence-corrected chi connectivity index (χ4v) is 5.01. The lowest BCUT2D eigenvalue weighted by molar-refractivity contribution is -0.127. The van der Waals surface area contributed by atoms with Gasteiger partial charge >= 0.3 is 0 Å². The molecule has 1 saturated heterocycles. The zero-order valence-electron chi connectivity index (χ0n) is 22.2. The molecule has 0 spiro atoms. The summed E-state index contributed by atoms with van der Waals surface area (Å²) in [5, 5.41) is 3.05. The lowest BCUT2D eigenvalue weighted by atomic mass is 9.89. The molecule has 1 fully saturated rings. The van der Waals surface area contributed by atoms with Crippen LogP contribution in [0.4, 0.5) is 0 Å². The first-order valence-corrected chi connectivity index (χ1v) is 13.7. The number of carbonyl (C=O) groups is 2. The highest BCUT2D eigenvalue weighted by Gasteiger charge is 2.34. The van der Waals surface area contributed by atoms with Crippen molar-refractivity contribution >= 4 is 11.7 Å². The van der Waals surface area contributed by atoms with Gasteiger partial charge in [-0.1, -0.05) is 62.1 Å². The third kappa shape index (κ3) is 7.45. The average Bonchev–Trinajstić information content (AvgIpc) is 2.91. The molecular weight excluding hydrogens is 464 g/mol. The number of hydrogen-bond donors (Lipinski definition) is 1. The first-order chi connectivity index (χ1) is 18.0. The topological polar surface area (TPSA) is 67.9 Å². The van der Waals surface area contributed by atoms with Crippen molar-refractivity contribution in [3.8, 4) is 0 Å². The molecule has 0 bridgehead atoms. The fraction of sp³-hybridized carbons (Fsp3) is 0.484. The molecule has 3 aliphatic rings. The van der Waals surface area contributed by atoms with E-state index < -0.39 is 0 Å². The highest BCUT2D eigenvalue weighted by atomic mass is 16.5. The van der Waals surface area contributed by atoms with Crippen LogP contribution in [-0.4, -0.2) is 48.9 Å². The Morgan fingerprint density at radius 3 is 2.65 bits per heavy atom. The first-order valence-electron chi connectivity index (χ1n) is 13.7. The molecular formula is C31H40N2O4. The third-order valence-electron chi connectivity index (χ3n) is 7.42. The van der Waals surface area contributed by atoms with Crippen molar-refractivity contribution in [2.75, 3.05) is 20.2 Å². The highest BCUT2D eigenvalue weighted by Crippen LogP contribution is 2.36. The van der Waals surface area contributed by atoms with Gasteiger partial charge in [-0.3, -0.25) is 9.59 Å². The Morgan fingerprint density at radius 2 is 1.84 bits per heavy atom. The predicted molar refractivity (Wildman–Crippen MR) is 146 cm³/mol. The van der Waals surface area contributed by atoms with Gasteiger partial charge in [-0.05, 0) is 56.2 Å². The van der Waals surface area contributed by atoms with Gasteiger partial charge in [-0.25, -0.2) is 0 Å². The maximum absolute atomic E-state index is 12.8. The molecule has 6 heteroatoms. The Bertz CT molecular complexity index is 1060. The predicted octanol–water partition coefficient (Wildman–Crippen LogP) is 5.55. The standard InChI is InChI=1S/C31H40N2O4/c1-23-26(15-12-19-33(23)2)31(35)32-18-10-5-3-4-6-11-20-36-25-16-17-29-27(21-25)28(34)22-30(37-29)24-13-8-7-9-14-24/h7-9,12-16,19,21,23,29-30H,3-6,10-11,17-18,20,22H2,1-2H3,(H,32,35). The van der Waals surface area contributed by atoms with E-state index in [0.29, 0.717) is 19.4 Å². The van der Waals surface area contributed by atoms with Gasteiger partial charge in [-0.2, -0.15) is 0 Å². The molecule has 1 aromatic rings. The molecule has 0 saturated carbocycles. The quantitative estimate of drug-likeness (QED) is 0.378. The van der Waals surface area contributed by atoms with E-state index >= 15 is 0 Å². The zero-order valence-corrected chi connectivity index (χ0v) is 22.2. The Kier molecular flexibility index (Phi) is 9.78. The van der Waals surface area contributed by atoms with E-state index in [9.17, 15) is 9.59 Å². The minimum Gasteiger partial charge on any atom is -0.494 e. The monoisotopic (exact) mass is 504 g/mol. The Hall–Kier alpha value is -3.12. The first kappa shape index (κ1) is 26.9. The number of unbranched alkanes of at least 4 members (excludes halogenated alkanes) is 5. The number of Topliss-reactive ketones (excluding diaryl/α,β-unsaturated/α-hetero) is 1. The SMILES string of the molecule is CC1C(C(=O)NCCCCCCCCOC2=CCC3OC(c4ccccc4)CC(=O)C3=C2)=CC=CN1C. The van der Waals surface area contributed by atoms with Crippen molar-refractivity contribution in [3.05, 3.63) is 83.3 Å². The van der Waals surface area contributed by atoms with Crippen LogP contribution in [0.25, 0.3) is 0 Å². The van der Waals surface area contributed by atoms with E-state index in [4.69, 9.17) is 9.47 Å². The van der Waals surface area contributed by atoms with E-state index in [1.807, 2.05) is 79.7 Å². The van der Waals surface area contributed by atoms with Gasteiger partial charge in [0.05, 0.1) is 24.9 Å². The number of nitrogens with zero attached hydrogens (tertiary/aromatic N) is 1. The van der Waals surface area contributed by atoms with Crippen LogP contribution in [-0.2, 0) is 19.1 Å². The summed E-state index contributed by atoms with van der Waals surface area (Å²) in [7, 11) is 1.98. The largest absolute Gasteiger partial charge is 0.494 e. The number of benzene rings is 1. The number of carbonyl (C=O) groups excluding carboxylic acids is 2. The van der Waals surface area contributed by atoms with Crippen molar-refractivity contribution in [1.29, 1.82) is 0 Å². The summed E-state index contributed by atoms with van der Waals surface area (Å²) >= 11 is 0. The van der Waals surface area contributed by atoms with Gasteiger partial charge in [0.1, 0.15) is 5.76 Å². The normalized spacial score (nSPS) is 23.1. The van der Waals surface area contributed by atoms with Crippen LogP contribution in [0.3, 0.4) is 0 Å². The van der Waals surface area contributed by atoms with Gasteiger partial charge in [0.2, 0.25) is 5.91 Å². The van der Waals surface area contributed by atoms with E-state index in [1.54, 1.807) is 0 Å². The fourth-order valence-electron chi connectivity index (χ4n) is 5.01. The number of hydrogen-bond acceptors (Lipinski definition) is 5. The van der Waals surface area contributed by atoms with Gasteiger partial charge in [0.25, 0.3) is 0 Å². The lowest BCUT2D eigenvalue weighted by Crippen LogP contribution is -2.37. The number of amides is 1. The molecule has 198 valence electrons. The molecule has 1 aromatic carbocycles. The van der Waals surface area contributed by atoms with E-state index in [-0.39, 0.29) is 29.9 Å². The molecule has 3 unspecified atom stereocenters. The highest BCUT2D eigenvalue weighted by molar-refractivity contribution is 5.98. The molecule has 2 heterocycles. The average molecular weight is 505 g/mol. The number of likely N-dealkylation sites (N-methyl/N-ethyl adjacent to an activating group) is 1. The van der Waals surface area contributed by atoms with Crippen molar-refractivity contribution in [1.82, 2.24) is 10.2 Å². The number of ether oxygens (including phenoxy) is 2. The van der Waals surface area contributed by atoms with Crippen LogP contribution >= 0.6 is 0 Å². The van der Waals surface area contributed by atoms with E-state index in [1.165, 1.54) is 0 Å². The Morgan fingerprint density at radius 1 is 1.08 bits per heavy atom. The van der Waals surface area contributed by atoms with Crippen LogP contribution in [0.2, 0.25) is 0 Å². The lowest BCUT2D eigenvalue weighted by Gasteiger charge is -2.33. The molecule has 1 N–H and O–H groups in total.